The van der Waals surface area contributed by atoms with Gasteiger partial charge in [0.15, 0.2) is 0 Å². The van der Waals surface area contributed by atoms with Crippen LogP contribution in [0.4, 0.5) is 4.79 Å². The van der Waals surface area contributed by atoms with Crippen LogP contribution >= 0.6 is 0 Å². The second kappa shape index (κ2) is 12.8. The maximum absolute atomic E-state index is 12.8. The molecule has 1 aliphatic heterocycles. The third-order valence-corrected chi connectivity index (χ3v) is 5.72. The molecule has 0 radical (unpaired) electrons. The second-order valence-corrected chi connectivity index (χ2v) is 7.69. The van der Waals surface area contributed by atoms with Crippen molar-refractivity contribution in [2.75, 3.05) is 20.2 Å². The van der Waals surface area contributed by atoms with E-state index in [1.807, 2.05) is 35.2 Å². The summed E-state index contributed by atoms with van der Waals surface area (Å²) in [6, 6.07) is 9.46. The van der Waals surface area contributed by atoms with Crippen molar-refractivity contribution in [3.8, 4) is 0 Å². The van der Waals surface area contributed by atoms with Crippen LogP contribution in [0, 0.1) is 5.92 Å². The Balaban J connectivity index is 0.00000101. The Labute approximate surface area is 178 Å². The van der Waals surface area contributed by atoms with Gasteiger partial charge >= 0.3 is 6.03 Å². The van der Waals surface area contributed by atoms with Crippen molar-refractivity contribution in [1.29, 1.82) is 0 Å². The highest BCUT2D eigenvalue weighted by atomic mass is 16.5. The highest BCUT2D eigenvalue weighted by Crippen LogP contribution is 2.29. The molecule has 1 saturated heterocycles. The first-order valence-corrected chi connectivity index (χ1v) is 10.6. The Bertz CT molecular complexity index is 664. The maximum Gasteiger partial charge on any atom is 0.315 e. The van der Waals surface area contributed by atoms with Crippen LogP contribution in [0.5, 0.6) is 0 Å². The Morgan fingerprint density at radius 1 is 1.17 bits per heavy atom. The van der Waals surface area contributed by atoms with E-state index in [1.165, 1.54) is 6.42 Å². The fourth-order valence-electron chi connectivity index (χ4n) is 4.17. The monoisotopic (exact) mass is 419 g/mol. The third-order valence-electron chi connectivity index (χ3n) is 5.72. The number of urea groups is 1. The number of carbonyl (C=O) groups is 3. The quantitative estimate of drug-likeness (QED) is 0.635. The zero-order valence-electron chi connectivity index (χ0n) is 17.6. The molecule has 1 aromatic carbocycles. The fraction of sp³-hybridized carbons (Fsp3) is 0.591. The van der Waals surface area contributed by atoms with E-state index in [9.17, 15) is 9.59 Å². The Hall–Kier alpha value is -2.61. The van der Waals surface area contributed by atoms with Gasteiger partial charge < -0.3 is 25.4 Å². The zero-order chi connectivity index (χ0) is 21.8. The van der Waals surface area contributed by atoms with Crippen molar-refractivity contribution < 1.29 is 24.2 Å². The van der Waals surface area contributed by atoms with Crippen molar-refractivity contribution in [3.63, 3.8) is 0 Å². The van der Waals surface area contributed by atoms with E-state index in [2.05, 4.69) is 10.6 Å². The lowest BCUT2D eigenvalue weighted by Gasteiger charge is -2.38. The van der Waals surface area contributed by atoms with Gasteiger partial charge in [-0.05, 0) is 44.1 Å². The predicted octanol–water partition coefficient (Wildman–Crippen LogP) is 2.38. The number of carboxylic acid groups (broad SMARTS) is 1. The number of carbonyl (C=O) groups excluding carboxylic acids is 2. The second-order valence-electron chi connectivity index (χ2n) is 7.69. The van der Waals surface area contributed by atoms with Crippen LogP contribution in [0.2, 0.25) is 0 Å². The molecule has 2 aliphatic rings. The molecule has 3 N–H and O–H groups in total. The van der Waals surface area contributed by atoms with Gasteiger partial charge in [-0.3, -0.25) is 9.59 Å². The van der Waals surface area contributed by atoms with Crippen LogP contribution < -0.4 is 10.6 Å². The van der Waals surface area contributed by atoms with E-state index < -0.39 is 0 Å². The molecule has 0 bridgehead atoms. The van der Waals surface area contributed by atoms with E-state index >= 15 is 0 Å². The number of hydrogen-bond acceptors (Lipinski definition) is 4. The molecule has 3 rings (SSSR count). The van der Waals surface area contributed by atoms with Crippen molar-refractivity contribution in [3.05, 3.63) is 35.9 Å². The first kappa shape index (κ1) is 23.7. The maximum atomic E-state index is 12.8. The van der Waals surface area contributed by atoms with Gasteiger partial charge in [-0.25, -0.2) is 4.79 Å². The van der Waals surface area contributed by atoms with E-state index in [0.29, 0.717) is 13.0 Å². The van der Waals surface area contributed by atoms with E-state index in [-0.39, 0.29) is 36.5 Å². The minimum absolute atomic E-state index is 0.0195. The number of methoxy groups -OCH3 is 1. The number of rotatable bonds is 5. The summed E-state index contributed by atoms with van der Waals surface area (Å²) in [6.07, 6.45) is 5.64. The molecule has 0 unspecified atom stereocenters. The average Bonchev–Trinajstić information content (AvgIpc) is 2.79. The summed E-state index contributed by atoms with van der Waals surface area (Å²) in [6.45, 7) is 1.98. The van der Waals surface area contributed by atoms with Gasteiger partial charge in [0.25, 0.3) is 6.47 Å². The first-order valence-electron chi connectivity index (χ1n) is 10.6. The topological polar surface area (TPSA) is 108 Å². The van der Waals surface area contributed by atoms with Crippen molar-refractivity contribution in [2.24, 2.45) is 5.92 Å². The molecule has 166 valence electrons. The molecule has 1 aliphatic carbocycles. The molecule has 1 saturated carbocycles. The Kier molecular flexibility index (Phi) is 10.1. The number of likely N-dealkylation sites (tertiary alicyclic amines) is 1. The molecular formula is C22H33N3O5. The minimum atomic E-state index is -0.250. The SMILES string of the molecule is CO[C@@H]1CC[C@H](C(=O)N2CCCCC2)C[C@H]1NC(=O)NCc1ccccc1.O=CO. The van der Waals surface area contributed by atoms with Gasteiger partial charge in [-0.1, -0.05) is 30.3 Å². The lowest BCUT2D eigenvalue weighted by molar-refractivity contribution is -0.138. The van der Waals surface area contributed by atoms with Gasteiger partial charge in [0.05, 0.1) is 12.1 Å². The summed E-state index contributed by atoms with van der Waals surface area (Å²) in [7, 11) is 1.67. The van der Waals surface area contributed by atoms with E-state index in [1.54, 1.807) is 7.11 Å². The standard InChI is InChI=1S/C21H31N3O3.CH2O2/c1-27-19-11-10-17(20(25)24-12-6-3-7-13-24)14-18(19)23-21(26)22-15-16-8-4-2-5-9-16;2-1-3/h2,4-5,8-9,17-19H,3,6-7,10-15H2,1H3,(H2,22,23,26);1H,(H,2,3)/t17-,18+,19+;/m0./s1. The van der Waals surface area contributed by atoms with Crippen LogP contribution in [0.3, 0.4) is 0 Å². The Morgan fingerprint density at radius 3 is 2.47 bits per heavy atom. The fourth-order valence-corrected chi connectivity index (χ4v) is 4.17. The van der Waals surface area contributed by atoms with E-state index in [4.69, 9.17) is 14.6 Å². The molecule has 0 spiro atoms. The van der Waals surface area contributed by atoms with Gasteiger partial charge in [0.2, 0.25) is 5.91 Å². The molecule has 1 heterocycles. The van der Waals surface area contributed by atoms with Gasteiger partial charge in [0.1, 0.15) is 0 Å². The molecule has 30 heavy (non-hydrogen) atoms. The first-order chi connectivity index (χ1) is 14.6. The smallest absolute Gasteiger partial charge is 0.315 e. The number of piperidine rings is 1. The summed E-state index contributed by atoms with van der Waals surface area (Å²) in [4.78, 5) is 35.6. The summed E-state index contributed by atoms with van der Waals surface area (Å²) >= 11 is 0. The average molecular weight is 420 g/mol. The van der Waals surface area contributed by atoms with Crippen LogP contribution in [0.1, 0.15) is 44.1 Å². The lowest BCUT2D eigenvalue weighted by Crippen LogP contribution is -2.53. The summed E-state index contributed by atoms with van der Waals surface area (Å²) < 4.78 is 5.57. The summed E-state index contributed by atoms with van der Waals surface area (Å²) in [5.41, 5.74) is 1.05. The minimum Gasteiger partial charge on any atom is -0.483 e. The number of ether oxygens (including phenoxy) is 1. The highest BCUT2D eigenvalue weighted by molar-refractivity contribution is 5.79. The molecule has 8 heteroatoms. The number of amides is 3. The van der Waals surface area contributed by atoms with Crippen LogP contribution in [-0.4, -0.2) is 60.8 Å². The molecule has 3 amide bonds. The summed E-state index contributed by atoms with van der Waals surface area (Å²) in [5, 5.41) is 12.8. The molecule has 1 aromatic rings. The predicted molar refractivity (Wildman–Crippen MR) is 113 cm³/mol. The van der Waals surface area contributed by atoms with Crippen LogP contribution in [0.15, 0.2) is 30.3 Å². The summed E-state index contributed by atoms with van der Waals surface area (Å²) in [5.74, 6) is 0.231. The largest absolute Gasteiger partial charge is 0.483 e. The number of nitrogens with zero attached hydrogens (tertiary/aromatic N) is 1. The van der Waals surface area contributed by atoms with Gasteiger partial charge in [0, 0.05) is 32.7 Å². The normalized spacial score (nSPS) is 23.5. The molecule has 0 aromatic heterocycles. The number of benzene rings is 1. The van der Waals surface area contributed by atoms with E-state index in [0.717, 1.165) is 44.3 Å². The van der Waals surface area contributed by atoms with Crippen LogP contribution in [-0.2, 0) is 20.9 Å². The molecule has 3 atom stereocenters. The molecule has 8 nitrogen and oxygen atoms in total. The van der Waals surface area contributed by atoms with Crippen molar-refractivity contribution in [1.82, 2.24) is 15.5 Å². The molecule has 2 fully saturated rings. The molecular weight excluding hydrogens is 386 g/mol. The van der Waals surface area contributed by atoms with Crippen molar-refractivity contribution in [2.45, 2.75) is 57.2 Å². The third kappa shape index (κ3) is 7.33. The highest BCUT2D eigenvalue weighted by Gasteiger charge is 2.36. The Morgan fingerprint density at radius 2 is 1.83 bits per heavy atom. The van der Waals surface area contributed by atoms with Crippen LogP contribution in [0.25, 0.3) is 0 Å². The van der Waals surface area contributed by atoms with Gasteiger partial charge in [-0.15, -0.1) is 0 Å². The number of hydrogen-bond donors (Lipinski definition) is 3. The van der Waals surface area contributed by atoms with Crippen molar-refractivity contribution >= 4 is 18.4 Å². The zero-order valence-corrected chi connectivity index (χ0v) is 17.6. The number of nitrogens with one attached hydrogen (secondary N) is 2. The van der Waals surface area contributed by atoms with Gasteiger partial charge in [-0.2, -0.15) is 0 Å². The lowest BCUT2D eigenvalue weighted by atomic mass is 9.82.